The molecule has 0 aliphatic heterocycles. The van der Waals surface area contributed by atoms with Crippen LogP contribution < -0.4 is 5.32 Å². The Bertz CT molecular complexity index is 725. The van der Waals surface area contributed by atoms with Crippen LogP contribution in [0.2, 0.25) is 0 Å². The topological polar surface area (TPSA) is 81.4 Å². The number of rotatable bonds is 9. The zero-order chi connectivity index (χ0) is 18.9. The van der Waals surface area contributed by atoms with Gasteiger partial charge in [0.25, 0.3) is 5.91 Å². The first-order valence-corrected chi connectivity index (χ1v) is 9.01. The lowest BCUT2D eigenvalue weighted by atomic mass is 10.1. The van der Waals surface area contributed by atoms with Crippen LogP contribution in [-0.2, 0) is 9.53 Å². The van der Waals surface area contributed by atoms with Crippen molar-refractivity contribution in [2.24, 2.45) is 0 Å². The van der Waals surface area contributed by atoms with Crippen LogP contribution in [0.1, 0.15) is 55.6 Å². The fraction of sp³-hybridized carbons (Fsp3) is 0.450. The number of carbonyl (C=O) groups is 2. The Labute approximate surface area is 153 Å². The highest BCUT2D eigenvalue weighted by Crippen LogP contribution is 2.25. The predicted octanol–water partition coefficient (Wildman–Crippen LogP) is 3.89. The predicted molar refractivity (Wildman–Crippen MR) is 98.7 cm³/mol. The van der Waals surface area contributed by atoms with Crippen molar-refractivity contribution in [1.82, 2.24) is 10.5 Å². The van der Waals surface area contributed by atoms with Gasteiger partial charge in [-0.1, -0.05) is 61.7 Å². The molecule has 2 rings (SSSR count). The van der Waals surface area contributed by atoms with Crippen molar-refractivity contribution in [3.63, 3.8) is 0 Å². The number of benzene rings is 1. The van der Waals surface area contributed by atoms with Crippen LogP contribution in [0.25, 0.3) is 11.3 Å². The number of aromatic nitrogens is 1. The second-order valence-corrected chi connectivity index (χ2v) is 6.37. The van der Waals surface area contributed by atoms with E-state index in [-0.39, 0.29) is 24.1 Å². The lowest BCUT2D eigenvalue weighted by Crippen LogP contribution is -2.35. The Morgan fingerprint density at radius 1 is 1.23 bits per heavy atom. The van der Waals surface area contributed by atoms with Crippen LogP contribution in [0.4, 0.5) is 0 Å². The van der Waals surface area contributed by atoms with Gasteiger partial charge in [0.2, 0.25) is 0 Å². The van der Waals surface area contributed by atoms with E-state index in [2.05, 4.69) is 17.4 Å². The van der Waals surface area contributed by atoms with Crippen LogP contribution in [-0.4, -0.2) is 29.7 Å². The van der Waals surface area contributed by atoms with Crippen molar-refractivity contribution in [3.8, 4) is 11.3 Å². The number of unbranched alkanes of at least 4 members (excludes halogenated alkanes) is 2. The highest BCUT2D eigenvalue weighted by atomic mass is 16.5. The molecule has 0 fully saturated rings. The molecule has 1 aromatic carbocycles. The number of ether oxygens (including phenoxy) is 1. The fourth-order valence-corrected chi connectivity index (χ4v) is 2.70. The number of esters is 1. The maximum atomic E-state index is 12.4. The summed E-state index contributed by atoms with van der Waals surface area (Å²) in [6, 6.07) is 9.30. The van der Waals surface area contributed by atoms with E-state index in [1.165, 1.54) is 0 Å². The Morgan fingerprint density at radius 2 is 1.96 bits per heavy atom. The number of hydrogen-bond acceptors (Lipinski definition) is 5. The molecule has 0 saturated carbocycles. The molecule has 1 heterocycles. The third-order valence-corrected chi connectivity index (χ3v) is 4.10. The summed E-state index contributed by atoms with van der Waals surface area (Å²) >= 11 is 0. The molecule has 1 aromatic heterocycles. The van der Waals surface area contributed by atoms with Crippen LogP contribution in [0.5, 0.6) is 0 Å². The second-order valence-electron chi connectivity index (χ2n) is 6.37. The van der Waals surface area contributed by atoms with E-state index in [9.17, 15) is 9.59 Å². The summed E-state index contributed by atoms with van der Waals surface area (Å²) in [6.45, 7) is 5.41. The van der Waals surface area contributed by atoms with Crippen LogP contribution in [0, 0.1) is 6.92 Å². The van der Waals surface area contributed by atoms with Gasteiger partial charge >= 0.3 is 5.97 Å². The molecule has 0 aliphatic rings. The quantitative estimate of drug-likeness (QED) is 0.543. The fourth-order valence-electron chi connectivity index (χ4n) is 2.70. The summed E-state index contributed by atoms with van der Waals surface area (Å²) in [4.78, 5) is 24.4. The third-order valence-electron chi connectivity index (χ3n) is 4.10. The minimum absolute atomic E-state index is 0.0601. The molecule has 1 amide bonds. The lowest BCUT2D eigenvalue weighted by Gasteiger charge is -2.13. The molecule has 140 valence electrons. The van der Waals surface area contributed by atoms with E-state index >= 15 is 0 Å². The lowest BCUT2D eigenvalue weighted by molar-refractivity contribution is -0.124. The summed E-state index contributed by atoms with van der Waals surface area (Å²) < 4.78 is 10.3. The molecule has 0 radical (unpaired) electrons. The standard InChI is InChI=1S/C20H26N2O4/c1-4-5-7-10-14(2)21-17(23)13-25-20(24)18-15(3)26-22-19(18)16-11-8-6-9-12-16/h6,8-9,11-12,14H,4-5,7,10,13H2,1-3H3,(H,21,23)/t14-/m0/s1. The summed E-state index contributed by atoms with van der Waals surface area (Å²) in [6.07, 6.45) is 4.26. The van der Waals surface area contributed by atoms with Gasteiger partial charge < -0.3 is 14.6 Å². The highest BCUT2D eigenvalue weighted by molar-refractivity contribution is 5.98. The van der Waals surface area contributed by atoms with Crippen molar-refractivity contribution in [3.05, 3.63) is 41.7 Å². The van der Waals surface area contributed by atoms with Gasteiger partial charge in [-0.2, -0.15) is 0 Å². The first kappa shape index (κ1) is 19.7. The van der Waals surface area contributed by atoms with Crippen LogP contribution >= 0.6 is 0 Å². The van der Waals surface area contributed by atoms with E-state index in [1.807, 2.05) is 37.3 Å². The van der Waals surface area contributed by atoms with Gasteiger partial charge in [0.15, 0.2) is 6.61 Å². The molecule has 6 nitrogen and oxygen atoms in total. The molecule has 1 N–H and O–H groups in total. The monoisotopic (exact) mass is 358 g/mol. The number of hydrogen-bond donors (Lipinski definition) is 1. The van der Waals surface area contributed by atoms with Gasteiger partial charge in [0, 0.05) is 11.6 Å². The average Bonchev–Trinajstić information content (AvgIpc) is 3.02. The van der Waals surface area contributed by atoms with Gasteiger partial charge in [0.1, 0.15) is 17.0 Å². The first-order valence-electron chi connectivity index (χ1n) is 9.01. The number of nitrogens with zero attached hydrogens (tertiary/aromatic N) is 1. The number of nitrogens with one attached hydrogen (secondary N) is 1. The van der Waals surface area contributed by atoms with Gasteiger partial charge in [-0.25, -0.2) is 4.79 Å². The number of aryl methyl sites for hydroxylation is 1. The maximum absolute atomic E-state index is 12.4. The molecule has 0 bridgehead atoms. The minimum atomic E-state index is -0.614. The molecule has 2 aromatic rings. The molecule has 26 heavy (non-hydrogen) atoms. The minimum Gasteiger partial charge on any atom is -0.452 e. The average molecular weight is 358 g/mol. The zero-order valence-electron chi connectivity index (χ0n) is 15.6. The largest absolute Gasteiger partial charge is 0.452 e. The Morgan fingerprint density at radius 3 is 2.65 bits per heavy atom. The Balaban J connectivity index is 1.92. The molecule has 0 unspecified atom stereocenters. The first-order chi connectivity index (χ1) is 12.5. The summed E-state index contributed by atoms with van der Waals surface area (Å²) in [5.41, 5.74) is 1.42. The van der Waals surface area contributed by atoms with E-state index < -0.39 is 5.97 Å². The summed E-state index contributed by atoms with van der Waals surface area (Å²) in [5, 5.41) is 6.79. The molecular formula is C20H26N2O4. The normalized spacial score (nSPS) is 11.8. The maximum Gasteiger partial charge on any atom is 0.344 e. The van der Waals surface area contributed by atoms with E-state index in [1.54, 1.807) is 6.92 Å². The van der Waals surface area contributed by atoms with E-state index in [0.29, 0.717) is 11.5 Å². The smallest absolute Gasteiger partial charge is 0.344 e. The molecule has 6 heteroatoms. The zero-order valence-corrected chi connectivity index (χ0v) is 15.6. The second kappa shape index (κ2) is 9.75. The molecule has 0 spiro atoms. The van der Waals surface area contributed by atoms with Crippen molar-refractivity contribution in [2.45, 2.75) is 52.5 Å². The third kappa shape index (κ3) is 5.44. The van der Waals surface area contributed by atoms with E-state index in [0.717, 1.165) is 31.2 Å². The summed E-state index contributed by atoms with van der Waals surface area (Å²) in [7, 11) is 0. The Kier molecular flexibility index (Phi) is 7.38. The van der Waals surface area contributed by atoms with Crippen molar-refractivity contribution < 1.29 is 18.8 Å². The van der Waals surface area contributed by atoms with Crippen LogP contribution in [0.15, 0.2) is 34.9 Å². The number of carbonyl (C=O) groups excluding carboxylic acids is 2. The van der Waals surface area contributed by atoms with Gasteiger partial charge in [-0.05, 0) is 20.3 Å². The SMILES string of the molecule is CCCCC[C@H](C)NC(=O)COC(=O)c1c(-c2ccccc2)noc1C. The van der Waals surface area contributed by atoms with Gasteiger partial charge in [-0.3, -0.25) is 4.79 Å². The molecule has 0 aliphatic carbocycles. The van der Waals surface area contributed by atoms with Crippen molar-refractivity contribution in [1.29, 1.82) is 0 Å². The summed E-state index contributed by atoms with van der Waals surface area (Å²) in [5.74, 6) is -0.559. The van der Waals surface area contributed by atoms with Gasteiger partial charge in [0.05, 0.1) is 0 Å². The van der Waals surface area contributed by atoms with Crippen molar-refractivity contribution >= 4 is 11.9 Å². The van der Waals surface area contributed by atoms with Crippen LogP contribution in [0.3, 0.4) is 0 Å². The molecular weight excluding hydrogens is 332 g/mol. The van der Waals surface area contributed by atoms with Gasteiger partial charge in [-0.15, -0.1) is 0 Å². The molecule has 0 saturated heterocycles. The molecule has 1 atom stereocenters. The number of amides is 1. The van der Waals surface area contributed by atoms with Crippen molar-refractivity contribution in [2.75, 3.05) is 6.61 Å². The Hall–Kier alpha value is -2.63. The van der Waals surface area contributed by atoms with E-state index in [4.69, 9.17) is 9.26 Å². The highest BCUT2D eigenvalue weighted by Gasteiger charge is 2.23.